The van der Waals surface area contributed by atoms with Crippen LogP contribution in [0, 0.1) is 0 Å². The molecule has 1 atom stereocenters. The van der Waals surface area contributed by atoms with Gasteiger partial charge in [-0.2, -0.15) is 0 Å². The van der Waals surface area contributed by atoms with Crippen molar-refractivity contribution in [2.75, 3.05) is 13.7 Å². The van der Waals surface area contributed by atoms with Gasteiger partial charge in [-0.1, -0.05) is 49.7 Å². The molecule has 2 aromatic rings. The van der Waals surface area contributed by atoms with Crippen molar-refractivity contribution in [3.8, 4) is 0 Å². The van der Waals surface area contributed by atoms with E-state index in [4.69, 9.17) is 4.74 Å². The summed E-state index contributed by atoms with van der Waals surface area (Å²) in [6.07, 6.45) is 2.33. The molecule has 1 N–H and O–H groups in total. The largest absolute Gasteiger partial charge is 0.383 e. The van der Waals surface area contributed by atoms with Crippen LogP contribution < -0.4 is 5.32 Å². The number of rotatable bonds is 7. The Bertz CT molecular complexity index is 503. The van der Waals surface area contributed by atoms with Crippen LogP contribution in [0.5, 0.6) is 0 Å². The van der Waals surface area contributed by atoms with E-state index in [9.17, 15) is 0 Å². The molecule has 2 aromatic carbocycles. The molecule has 0 spiro atoms. The topological polar surface area (TPSA) is 21.3 Å². The third-order valence-electron chi connectivity index (χ3n) is 3.41. The van der Waals surface area contributed by atoms with Crippen LogP contribution in [0.3, 0.4) is 0 Å². The molecule has 2 heteroatoms. The zero-order valence-corrected chi connectivity index (χ0v) is 11.9. The summed E-state index contributed by atoms with van der Waals surface area (Å²) in [5.41, 5.74) is 1.33. The molecule has 19 heavy (non-hydrogen) atoms. The number of fused-ring (bicyclic) bond motifs is 1. The Labute approximate surface area is 115 Å². The van der Waals surface area contributed by atoms with Crippen molar-refractivity contribution < 1.29 is 4.74 Å². The monoisotopic (exact) mass is 257 g/mol. The van der Waals surface area contributed by atoms with Gasteiger partial charge in [-0.25, -0.2) is 0 Å². The number of hydrogen-bond donors (Lipinski definition) is 1. The first-order valence-corrected chi connectivity index (χ1v) is 7.03. The predicted octanol–water partition coefficient (Wildman–Crippen LogP) is 3.74. The highest BCUT2D eigenvalue weighted by Gasteiger charge is 2.06. The van der Waals surface area contributed by atoms with E-state index in [0.29, 0.717) is 6.04 Å². The van der Waals surface area contributed by atoms with Crippen LogP contribution >= 0.6 is 0 Å². The molecule has 0 aromatic heterocycles. The fraction of sp³-hybridized carbons (Fsp3) is 0.412. The summed E-state index contributed by atoms with van der Waals surface area (Å²) in [4.78, 5) is 0. The second-order valence-electron chi connectivity index (χ2n) is 5.00. The van der Waals surface area contributed by atoms with Gasteiger partial charge in [-0.15, -0.1) is 0 Å². The molecule has 0 aliphatic carbocycles. The predicted molar refractivity (Wildman–Crippen MR) is 81.4 cm³/mol. The normalized spacial score (nSPS) is 12.7. The highest BCUT2D eigenvalue weighted by atomic mass is 16.5. The van der Waals surface area contributed by atoms with E-state index >= 15 is 0 Å². The molecular weight excluding hydrogens is 234 g/mol. The van der Waals surface area contributed by atoms with Gasteiger partial charge in [-0.05, 0) is 28.8 Å². The second kappa shape index (κ2) is 7.27. The molecule has 2 nitrogen and oxygen atoms in total. The van der Waals surface area contributed by atoms with E-state index in [1.807, 2.05) is 0 Å². The molecule has 0 amide bonds. The van der Waals surface area contributed by atoms with Gasteiger partial charge in [0.1, 0.15) is 0 Å². The Morgan fingerprint density at radius 3 is 2.63 bits per heavy atom. The molecule has 0 aliphatic heterocycles. The molecule has 0 saturated heterocycles. The maximum atomic E-state index is 5.25. The first kappa shape index (κ1) is 14.0. The van der Waals surface area contributed by atoms with Crippen LogP contribution in [0.4, 0.5) is 0 Å². The smallest absolute Gasteiger partial charge is 0.0615 e. The Hall–Kier alpha value is -1.38. The maximum Gasteiger partial charge on any atom is 0.0615 e. The average molecular weight is 257 g/mol. The number of hydrogen-bond acceptors (Lipinski definition) is 2. The van der Waals surface area contributed by atoms with E-state index in [2.05, 4.69) is 54.7 Å². The van der Waals surface area contributed by atoms with Crippen LogP contribution in [0.15, 0.2) is 42.5 Å². The van der Waals surface area contributed by atoms with Crippen molar-refractivity contribution in [2.45, 2.75) is 32.4 Å². The summed E-state index contributed by atoms with van der Waals surface area (Å²) in [5.74, 6) is 0. The van der Waals surface area contributed by atoms with Crippen molar-refractivity contribution in [3.05, 3.63) is 48.0 Å². The minimum atomic E-state index is 0.446. The Morgan fingerprint density at radius 1 is 1.11 bits per heavy atom. The summed E-state index contributed by atoms with van der Waals surface area (Å²) < 4.78 is 5.25. The van der Waals surface area contributed by atoms with E-state index in [-0.39, 0.29) is 0 Å². The first-order chi connectivity index (χ1) is 9.33. The fourth-order valence-electron chi connectivity index (χ4n) is 2.40. The average Bonchev–Trinajstić information content (AvgIpc) is 2.45. The minimum Gasteiger partial charge on any atom is -0.383 e. The lowest BCUT2D eigenvalue weighted by Crippen LogP contribution is -2.32. The third kappa shape index (κ3) is 4.05. The number of ether oxygens (including phenoxy) is 1. The summed E-state index contributed by atoms with van der Waals surface area (Å²) in [5, 5.41) is 6.18. The summed E-state index contributed by atoms with van der Waals surface area (Å²) in [7, 11) is 1.76. The molecule has 0 heterocycles. The van der Waals surface area contributed by atoms with Crippen LogP contribution in [0.1, 0.15) is 25.3 Å². The van der Waals surface area contributed by atoms with Crippen molar-refractivity contribution in [3.63, 3.8) is 0 Å². The van der Waals surface area contributed by atoms with Crippen molar-refractivity contribution in [2.24, 2.45) is 0 Å². The Balaban J connectivity index is 2.00. The minimum absolute atomic E-state index is 0.446. The molecule has 0 bridgehead atoms. The van der Waals surface area contributed by atoms with Gasteiger partial charge in [0.05, 0.1) is 6.61 Å². The maximum absolute atomic E-state index is 5.25. The van der Waals surface area contributed by atoms with Crippen LogP contribution in [-0.2, 0) is 11.3 Å². The highest BCUT2D eigenvalue weighted by Crippen LogP contribution is 2.15. The van der Waals surface area contributed by atoms with Crippen molar-refractivity contribution in [1.29, 1.82) is 0 Å². The Kier molecular flexibility index (Phi) is 5.37. The third-order valence-corrected chi connectivity index (χ3v) is 3.41. The van der Waals surface area contributed by atoms with Gasteiger partial charge in [0.25, 0.3) is 0 Å². The van der Waals surface area contributed by atoms with Crippen molar-refractivity contribution in [1.82, 2.24) is 5.32 Å². The van der Waals surface area contributed by atoms with Crippen LogP contribution in [0.25, 0.3) is 10.8 Å². The zero-order valence-electron chi connectivity index (χ0n) is 11.9. The molecule has 1 unspecified atom stereocenters. The van der Waals surface area contributed by atoms with Gasteiger partial charge in [-0.3, -0.25) is 0 Å². The summed E-state index contributed by atoms with van der Waals surface area (Å²) in [6, 6.07) is 15.6. The molecule has 2 rings (SSSR count). The quantitative estimate of drug-likeness (QED) is 0.815. The number of benzene rings is 2. The van der Waals surface area contributed by atoms with Gasteiger partial charge in [0, 0.05) is 19.7 Å². The molecule has 0 saturated carbocycles. The Morgan fingerprint density at radius 2 is 1.89 bits per heavy atom. The van der Waals surface area contributed by atoms with E-state index in [0.717, 1.165) is 19.6 Å². The first-order valence-electron chi connectivity index (χ1n) is 7.03. The summed E-state index contributed by atoms with van der Waals surface area (Å²) >= 11 is 0. The van der Waals surface area contributed by atoms with Crippen LogP contribution in [0.2, 0.25) is 0 Å². The van der Waals surface area contributed by atoms with E-state index in [1.54, 1.807) is 7.11 Å². The molecular formula is C17H23NO. The SMILES string of the molecule is CCCC(COC)NCc1ccc2ccccc2c1. The van der Waals surface area contributed by atoms with Gasteiger partial charge < -0.3 is 10.1 Å². The van der Waals surface area contributed by atoms with E-state index in [1.165, 1.54) is 22.8 Å². The zero-order chi connectivity index (χ0) is 13.5. The highest BCUT2D eigenvalue weighted by molar-refractivity contribution is 5.82. The lowest BCUT2D eigenvalue weighted by Gasteiger charge is -2.17. The molecule has 102 valence electrons. The fourth-order valence-corrected chi connectivity index (χ4v) is 2.40. The lowest BCUT2D eigenvalue weighted by molar-refractivity contribution is 0.161. The van der Waals surface area contributed by atoms with Gasteiger partial charge >= 0.3 is 0 Å². The van der Waals surface area contributed by atoms with Crippen LogP contribution in [-0.4, -0.2) is 19.8 Å². The number of nitrogens with one attached hydrogen (secondary N) is 1. The van der Waals surface area contributed by atoms with Gasteiger partial charge in [0.2, 0.25) is 0 Å². The molecule has 0 fully saturated rings. The lowest BCUT2D eigenvalue weighted by atomic mass is 10.1. The number of methoxy groups -OCH3 is 1. The van der Waals surface area contributed by atoms with Crippen molar-refractivity contribution >= 4 is 10.8 Å². The van der Waals surface area contributed by atoms with Gasteiger partial charge in [0.15, 0.2) is 0 Å². The standard InChI is InChI=1S/C17H23NO/c1-3-6-17(13-19-2)18-12-14-9-10-15-7-4-5-8-16(15)11-14/h4-5,7-11,17-18H,3,6,12-13H2,1-2H3. The second-order valence-corrected chi connectivity index (χ2v) is 5.00. The van der Waals surface area contributed by atoms with E-state index < -0.39 is 0 Å². The summed E-state index contributed by atoms with van der Waals surface area (Å²) in [6.45, 7) is 3.89. The molecule has 0 aliphatic rings. The molecule has 0 radical (unpaired) electrons.